The second-order valence-electron chi connectivity index (χ2n) is 6.32. The lowest BCUT2D eigenvalue weighted by Gasteiger charge is -2.40. The van der Waals surface area contributed by atoms with Crippen LogP contribution in [0.15, 0.2) is 73.3 Å². The van der Waals surface area contributed by atoms with Gasteiger partial charge in [0.2, 0.25) is 0 Å². The van der Waals surface area contributed by atoms with Crippen molar-refractivity contribution in [1.82, 2.24) is 19.5 Å². The number of benzene rings is 1. The van der Waals surface area contributed by atoms with Crippen LogP contribution in [0.25, 0.3) is 16.7 Å². The summed E-state index contributed by atoms with van der Waals surface area (Å²) < 4.78 is 2.03. The summed E-state index contributed by atoms with van der Waals surface area (Å²) in [4.78, 5) is 16.2. The van der Waals surface area contributed by atoms with Crippen molar-refractivity contribution in [3.63, 3.8) is 0 Å². The number of anilines is 1. The van der Waals surface area contributed by atoms with Gasteiger partial charge in [-0.3, -0.25) is 4.98 Å². The van der Waals surface area contributed by atoms with Gasteiger partial charge in [-0.05, 0) is 30.3 Å². The van der Waals surface area contributed by atoms with Crippen LogP contribution in [-0.2, 0) is 0 Å². The minimum absolute atomic E-state index is 0.374. The number of rotatable bonds is 3. The molecule has 0 bridgehead atoms. The van der Waals surface area contributed by atoms with Crippen molar-refractivity contribution in [2.75, 3.05) is 18.0 Å². The molecule has 4 heterocycles. The van der Waals surface area contributed by atoms with E-state index >= 15 is 0 Å². The maximum Gasteiger partial charge on any atom is 0.158 e. The topological polar surface area (TPSA) is 46.8 Å². The van der Waals surface area contributed by atoms with E-state index in [0.29, 0.717) is 5.92 Å². The first-order valence-corrected chi connectivity index (χ1v) is 8.43. The van der Waals surface area contributed by atoms with E-state index in [-0.39, 0.29) is 0 Å². The lowest BCUT2D eigenvalue weighted by Crippen LogP contribution is -2.46. The minimum atomic E-state index is 0.374. The van der Waals surface area contributed by atoms with Crippen LogP contribution in [0.4, 0.5) is 5.82 Å². The highest BCUT2D eigenvalue weighted by molar-refractivity contribution is 5.80. The smallest absolute Gasteiger partial charge is 0.158 e. The normalized spacial score (nSPS) is 14.6. The van der Waals surface area contributed by atoms with E-state index in [1.54, 1.807) is 12.4 Å². The van der Waals surface area contributed by atoms with Gasteiger partial charge in [0, 0.05) is 49.2 Å². The first kappa shape index (κ1) is 14.2. The summed E-state index contributed by atoms with van der Waals surface area (Å²) in [5.74, 6) is 2.32. The van der Waals surface area contributed by atoms with Gasteiger partial charge in [0.25, 0.3) is 0 Å². The number of fused-ring (bicyclic) bond motifs is 1. The number of nitrogens with zero attached hydrogens (tertiary/aromatic N) is 5. The zero-order valence-corrected chi connectivity index (χ0v) is 13.7. The van der Waals surface area contributed by atoms with Crippen molar-refractivity contribution in [1.29, 1.82) is 0 Å². The number of pyridine rings is 1. The Bertz CT molecular complexity index is 1020. The van der Waals surface area contributed by atoms with E-state index in [9.17, 15) is 0 Å². The average molecular weight is 327 g/mol. The second kappa shape index (κ2) is 5.70. The molecular weight excluding hydrogens is 310 g/mol. The molecule has 0 amide bonds. The van der Waals surface area contributed by atoms with E-state index in [0.717, 1.165) is 35.9 Å². The molecule has 0 radical (unpaired) electrons. The molecular formula is C20H17N5. The monoisotopic (exact) mass is 327 g/mol. The molecule has 0 atom stereocenters. The summed E-state index contributed by atoms with van der Waals surface area (Å²) >= 11 is 0. The Balaban J connectivity index is 1.40. The van der Waals surface area contributed by atoms with Gasteiger partial charge in [-0.15, -0.1) is 0 Å². The Labute approximate surface area is 145 Å². The van der Waals surface area contributed by atoms with Crippen molar-refractivity contribution in [2.45, 2.75) is 5.92 Å². The van der Waals surface area contributed by atoms with Crippen molar-refractivity contribution in [3.8, 4) is 5.82 Å². The predicted molar refractivity (Wildman–Crippen MR) is 98.1 cm³/mol. The first-order chi connectivity index (χ1) is 12.4. The van der Waals surface area contributed by atoms with Gasteiger partial charge in [-0.2, -0.15) is 0 Å². The molecule has 5 nitrogen and oxygen atoms in total. The molecule has 4 aromatic rings. The van der Waals surface area contributed by atoms with Crippen molar-refractivity contribution in [3.05, 3.63) is 79.0 Å². The van der Waals surface area contributed by atoms with Crippen molar-refractivity contribution in [2.24, 2.45) is 0 Å². The average Bonchev–Trinajstić information content (AvgIpc) is 3.15. The Hall–Kier alpha value is -3.21. The summed E-state index contributed by atoms with van der Waals surface area (Å²) in [6.07, 6.45) is 7.54. The largest absolute Gasteiger partial charge is 0.355 e. The summed E-state index contributed by atoms with van der Waals surface area (Å²) in [5, 5.41) is 1.17. The zero-order valence-electron chi connectivity index (χ0n) is 13.7. The van der Waals surface area contributed by atoms with Crippen molar-refractivity contribution < 1.29 is 0 Å². The molecule has 5 rings (SSSR count). The molecule has 0 saturated carbocycles. The van der Waals surface area contributed by atoms with Gasteiger partial charge in [0.15, 0.2) is 5.82 Å². The highest BCUT2D eigenvalue weighted by atomic mass is 15.2. The number of hydrogen-bond donors (Lipinski definition) is 0. The van der Waals surface area contributed by atoms with Crippen LogP contribution < -0.4 is 4.90 Å². The van der Waals surface area contributed by atoms with E-state index in [1.165, 1.54) is 5.39 Å². The van der Waals surface area contributed by atoms with Crippen LogP contribution in [-0.4, -0.2) is 32.6 Å². The molecule has 0 unspecified atom stereocenters. The van der Waals surface area contributed by atoms with Crippen LogP contribution in [0.2, 0.25) is 0 Å². The van der Waals surface area contributed by atoms with Crippen LogP contribution in [0.5, 0.6) is 0 Å². The quantitative estimate of drug-likeness (QED) is 0.578. The Morgan fingerprint density at radius 1 is 0.840 bits per heavy atom. The fourth-order valence-corrected chi connectivity index (χ4v) is 3.37. The van der Waals surface area contributed by atoms with Crippen molar-refractivity contribution >= 4 is 16.7 Å². The number of hydrogen-bond acceptors (Lipinski definition) is 4. The predicted octanol–water partition coefficient (Wildman–Crippen LogP) is 3.42. The van der Waals surface area contributed by atoms with Crippen LogP contribution in [0.1, 0.15) is 11.6 Å². The van der Waals surface area contributed by atoms with Gasteiger partial charge >= 0.3 is 0 Å². The molecule has 1 saturated heterocycles. The van der Waals surface area contributed by atoms with Crippen LogP contribution in [0, 0.1) is 0 Å². The second-order valence-corrected chi connectivity index (χ2v) is 6.32. The molecule has 25 heavy (non-hydrogen) atoms. The SMILES string of the molecule is c1ccc2nc(N3CC(c4nccnc4-n4cccc4)C3)ccc2c1. The minimum Gasteiger partial charge on any atom is -0.355 e. The molecule has 0 aliphatic carbocycles. The summed E-state index contributed by atoms with van der Waals surface area (Å²) in [6, 6.07) is 16.5. The summed E-state index contributed by atoms with van der Waals surface area (Å²) in [5.41, 5.74) is 2.09. The maximum atomic E-state index is 4.78. The molecule has 0 spiro atoms. The van der Waals surface area contributed by atoms with Crippen LogP contribution in [0.3, 0.4) is 0 Å². The fraction of sp³-hybridized carbons (Fsp3) is 0.150. The summed E-state index contributed by atoms with van der Waals surface area (Å²) in [6.45, 7) is 1.83. The van der Waals surface area contributed by atoms with Gasteiger partial charge in [0.1, 0.15) is 5.82 Å². The highest BCUT2D eigenvalue weighted by Crippen LogP contribution is 2.32. The van der Waals surface area contributed by atoms with E-state index in [4.69, 9.17) is 4.98 Å². The molecule has 1 aromatic carbocycles. The zero-order chi connectivity index (χ0) is 16.6. The van der Waals surface area contributed by atoms with Gasteiger partial charge < -0.3 is 9.47 Å². The molecule has 0 N–H and O–H groups in total. The fourth-order valence-electron chi connectivity index (χ4n) is 3.37. The maximum absolute atomic E-state index is 4.78. The molecule has 3 aromatic heterocycles. The molecule has 5 heteroatoms. The van der Waals surface area contributed by atoms with Gasteiger partial charge in [-0.25, -0.2) is 9.97 Å². The number of aromatic nitrogens is 4. The molecule has 1 aliphatic rings. The van der Waals surface area contributed by atoms with Gasteiger partial charge in [0.05, 0.1) is 11.2 Å². The Morgan fingerprint density at radius 2 is 1.64 bits per heavy atom. The molecule has 1 fully saturated rings. The summed E-state index contributed by atoms with van der Waals surface area (Å²) in [7, 11) is 0. The third kappa shape index (κ3) is 2.45. The van der Waals surface area contributed by atoms with Crippen LogP contribution >= 0.6 is 0 Å². The third-order valence-corrected chi connectivity index (χ3v) is 4.73. The third-order valence-electron chi connectivity index (χ3n) is 4.73. The standard InChI is InChI=1S/C20H17N5/c1-2-6-17-15(5-1)7-8-18(23-17)25-13-16(14-25)19-20(22-10-9-21-19)24-11-3-4-12-24/h1-12,16H,13-14H2. The van der Waals surface area contributed by atoms with E-state index in [2.05, 4.69) is 39.1 Å². The highest BCUT2D eigenvalue weighted by Gasteiger charge is 2.32. The Morgan fingerprint density at radius 3 is 2.52 bits per heavy atom. The lowest BCUT2D eigenvalue weighted by atomic mass is 9.95. The lowest BCUT2D eigenvalue weighted by molar-refractivity contribution is 0.505. The number of para-hydroxylation sites is 1. The first-order valence-electron chi connectivity index (χ1n) is 8.43. The van der Waals surface area contributed by atoms with Gasteiger partial charge in [-0.1, -0.05) is 18.2 Å². The molecule has 122 valence electrons. The molecule has 1 aliphatic heterocycles. The van der Waals surface area contributed by atoms with E-state index in [1.807, 2.05) is 41.2 Å². The van der Waals surface area contributed by atoms with E-state index < -0.39 is 0 Å². The Kier molecular flexibility index (Phi) is 3.23.